The molecule has 1 aromatic rings. The van der Waals surface area contributed by atoms with E-state index < -0.39 is 23.8 Å². The Bertz CT molecular complexity index is 511. The summed E-state index contributed by atoms with van der Waals surface area (Å²) in [5.41, 5.74) is 5.08. The lowest BCUT2D eigenvalue weighted by Gasteiger charge is -2.19. The molecule has 2 amide bonds. The summed E-state index contributed by atoms with van der Waals surface area (Å²) in [5.74, 6) is -2.67. The van der Waals surface area contributed by atoms with Crippen molar-refractivity contribution in [2.45, 2.75) is 19.9 Å². The number of carboxylic acids is 1. The van der Waals surface area contributed by atoms with Gasteiger partial charge in [0.25, 0.3) is 5.91 Å². The third kappa shape index (κ3) is 3.54. The lowest BCUT2D eigenvalue weighted by molar-refractivity contribution is -0.120. The lowest BCUT2D eigenvalue weighted by atomic mass is 10.0. The van der Waals surface area contributed by atoms with Crippen molar-refractivity contribution >= 4 is 17.8 Å². The Hall–Kier alpha value is -2.37. The molecule has 0 aliphatic heterocycles. The van der Waals surface area contributed by atoms with Gasteiger partial charge in [-0.05, 0) is 18.1 Å². The van der Waals surface area contributed by atoms with Gasteiger partial charge >= 0.3 is 5.97 Å². The van der Waals surface area contributed by atoms with Gasteiger partial charge in [0, 0.05) is 0 Å². The number of carbonyl (C=O) groups excluding carboxylic acids is 2. The number of hydrogen-bond acceptors (Lipinski definition) is 3. The normalized spacial score (nSPS) is 11.9. The zero-order valence-electron chi connectivity index (χ0n) is 10.7. The molecule has 0 saturated carbocycles. The van der Waals surface area contributed by atoms with Gasteiger partial charge in [0.05, 0.1) is 11.1 Å². The van der Waals surface area contributed by atoms with Crippen LogP contribution in [0.25, 0.3) is 0 Å². The Morgan fingerprint density at radius 2 is 1.68 bits per heavy atom. The molecule has 19 heavy (non-hydrogen) atoms. The minimum absolute atomic E-state index is 0.00176. The molecular weight excluding hydrogens is 248 g/mol. The van der Waals surface area contributed by atoms with Gasteiger partial charge in [-0.1, -0.05) is 26.0 Å². The van der Waals surface area contributed by atoms with Crippen LogP contribution in [0, 0.1) is 5.92 Å². The van der Waals surface area contributed by atoms with Crippen LogP contribution in [0.2, 0.25) is 0 Å². The highest BCUT2D eigenvalue weighted by atomic mass is 16.4. The van der Waals surface area contributed by atoms with Gasteiger partial charge in [-0.2, -0.15) is 0 Å². The largest absolute Gasteiger partial charge is 0.478 e. The maximum atomic E-state index is 12.0. The summed E-state index contributed by atoms with van der Waals surface area (Å²) in [6, 6.07) is 4.95. The Kier molecular flexibility index (Phi) is 4.63. The molecular formula is C13H16N2O4. The van der Waals surface area contributed by atoms with Crippen molar-refractivity contribution in [2.75, 3.05) is 0 Å². The first kappa shape index (κ1) is 14.7. The smallest absolute Gasteiger partial charge is 0.336 e. The highest BCUT2D eigenvalue weighted by molar-refractivity contribution is 6.05. The van der Waals surface area contributed by atoms with Crippen LogP contribution in [-0.4, -0.2) is 28.9 Å². The van der Waals surface area contributed by atoms with E-state index in [4.69, 9.17) is 10.8 Å². The fraction of sp³-hybridized carbons (Fsp3) is 0.308. The summed E-state index contributed by atoms with van der Waals surface area (Å²) >= 11 is 0. The number of benzene rings is 1. The standard InChI is InChI=1S/C13H16N2O4/c1-7(2)10(11(14)16)15-12(17)8-5-3-4-6-9(8)13(18)19/h3-7,10H,1-2H3,(H2,14,16)(H,15,17)(H,18,19)/t10-/m0/s1. The van der Waals surface area contributed by atoms with Gasteiger partial charge in [0.15, 0.2) is 0 Å². The number of rotatable bonds is 5. The van der Waals surface area contributed by atoms with Crippen molar-refractivity contribution in [2.24, 2.45) is 11.7 Å². The van der Waals surface area contributed by atoms with Crippen molar-refractivity contribution in [3.05, 3.63) is 35.4 Å². The highest BCUT2D eigenvalue weighted by Gasteiger charge is 2.24. The number of hydrogen-bond donors (Lipinski definition) is 3. The van der Waals surface area contributed by atoms with Gasteiger partial charge in [0.1, 0.15) is 6.04 Å². The Labute approximate surface area is 110 Å². The molecule has 1 aromatic carbocycles. The molecule has 0 aliphatic rings. The van der Waals surface area contributed by atoms with Gasteiger partial charge in [-0.15, -0.1) is 0 Å². The molecule has 0 radical (unpaired) electrons. The average Bonchev–Trinajstić information content (AvgIpc) is 2.34. The lowest BCUT2D eigenvalue weighted by Crippen LogP contribution is -2.47. The number of carboxylic acid groups (broad SMARTS) is 1. The summed E-state index contributed by atoms with van der Waals surface area (Å²) in [6.07, 6.45) is 0. The van der Waals surface area contributed by atoms with Crippen LogP contribution in [0.4, 0.5) is 0 Å². The molecule has 102 valence electrons. The number of nitrogens with two attached hydrogens (primary N) is 1. The van der Waals surface area contributed by atoms with E-state index in [1.165, 1.54) is 18.2 Å². The topological polar surface area (TPSA) is 109 Å². The quantitative estimate of drug-likeness (QED) is 0.724. The molecule has 1 atom stereocenters. The minimum Gasteiger partial charge on any atom is -0.478 e. The number of amides is 2. The molecule has 6 nitrogen and oxygen atoms in total. The first-order chi connectivity index (χ1) is 8.84. The second kappa shape index (κ2) is 5.99. The fourth-order valence-electron chi connectivity index (χ4n) is 1.65. The van der Waals surface area contributed by atoms with Crippen LogP contribution >= 0.6 is 0 Å². The maximum Gasteiger partial charge on any atom is 0.336 e. The summed E-state index contributed by atoms with van der Waals surface area (Å²) < 4.78 is 0. The number of aromatic carboxylic acids is 1. The summed E-state index contributed by atoms with van der Waals surface area (Å²) in [6.45, 7) is 3.47. The molecule has 1 rings (SSSR count). The molecule has 4 N–H and O–H groups in total. The fourth-order valence-corrected chi connectivity index (χ4v) is 1.65. The summed E-state index contributed by atoms with van der Waals surface area (Å²) in [7, 11) is 0. The van der Waals surface area contributed by atoms with E-state index in [1.54, 1.807) is 19.9 Å². The van der Waals surface area contributed by atoms with Crippen molar-refractivity contribution in [3.8, 4) is 0 Å². The second-order valence-corrected chi connectivity index (χ2v) is 4.45. The molecule has 0 bridgehead atoms. The number of nitrogens with one attached hydrogen (secondary N) is 1. The van der Waals surface area contributed by atoms with Crippen LogP contribution in [-0.2, 0) is 4.79 Å². The highest BCUT2D eigenvalue weighted by Crippen LogP contribution is 2.10. The van der Waals surface area contributed by atoms with Crippen molar-refractivity contribution < 1.29 is 19.5 Å². The SMILES string of the molecule is CC(C)[C@H](NC(=O)c1ccccc1C(=O)O)C(N)=O. The summed E-state index contributed by atoms with van der Waals surface area (Å²) in [5, 5.41) is 11.4. The molecule has 0 heterocycles. The van der Waals surface area contributed by atoms with Crippen LogP contribution in [0.3, 0.4) is 0 Å². The van der Waals surface area contributed by atoms with E-state index in [2.05, 4.69) is 5.32 Å². The first-order valence-electron chi connectivity index (χ1n) is 5.77. The van der Waals surface area contributed by atoms with E-state index >= 15 is 0 Å². The molecule has 0 spiro atoms. The molecule has 6 heteroatoms. The molecule has 0 aromatic heterocycles. The Morgan fingerprint density at radius 3 is 2.11 bits per heavy atom. The second-order valence-electron chi connectivity index (χ2n) is 4.45. The third-order valence-electron chi connectivity index (χ3n) is 2.66. The van der Waals surface area contributed by atoms with Crippen LogP contribution in [0.5, 0.6) is 0 Å². The van der Waals surface area contributed by atoms with Gasteiger partial charge in [0.2, 0.25) is 5.91 Å². The number of primary amides is 1. The monoisotopic (exact) mass is 264 g/mol. The van der Waals surface area contributed by atoms with E-state index in [0.717, 1.165) is 0 Å². The number of carbonyl (C=O) groups is 3. The predicted molar refractivity (Wildman–Crippen MR) is 68.7 cm³/mol. The third-order valence-corrected chi connectivity index (χ3v) is 2.66. The Balaban J connectivity index is 3.01. The molecule has 0 unspecified atom stereocenters. The van der Waals surface area contributed by atoms with Crippen LogP contribution in [0.1, 0.15) is 34.6 Å². The van der Waals surface area contributed by atoms with E-state index in [0.29, 0.717) is 0 Å². The van der Waals surface area contributed by atoms with Crippen molar-refractivity contribution in [1.82, 2.24) is 5.32 Å². The molecule has 0 aliphatic carbocycles. The zero-order valence-corrected chi connectivity index (χ0v) is 10.7. The Morgan fingerprint density at radius 1 is 1.16 bits per heavy atom. The average molecular weight is 264 g/mol. The zero-order chi connectivity index (χ0) is 14.6. The predicted octanol–water partition coefficient (Wildman–Crippen LogP) is 0.624. The van der Waals surface area contributed by atoms with Crippen LogP contribution < -0.4 is 11.1 Å². The minimum atomic E-state index is -1.20. The van der Waals surface area contributed by atoms with Crippen molar-refractivity contribution in [3.63, 3.8) is 0 Å². The van der Waals surface area contributed by atoms with Gasteiger partial charge < -0.3 is 16.2 Å². The molecule has 0 saturated heterocycles. The van der Waals surface area contributed by atoms with Gasteiger partial charge in [-0.3, -0.25) is 9.59 Å². The van der Waals surface area contributed by atoms with E-state index in [9.17, 15) is 14.4 Å². The summed E-state index contributed by atoms with van der Waals surface area (Å²) in [4.78, 5) is 34.2. The van der Waals surface area contributed by atoms with E-state index in [-0.39, 0.29) is 17.0 Å². The maximum absolute atomic E-state index is 12.0. The molecule has 0 fully saturated rings. The van der Waals surface area contributed by atoms with Crippen molar-refractivity contribution in [1.29, 1.82) is 0 Å². The van der Waals surface area contributed by atoms with Crippen LogP contribution in [0.15, 0.2) is 24.3 Å². The first-order valence-corrected chi connectivity index (χ1v) is 5.77. The van der Waals surface area contributed by atoms with E-state index in [1.807, 2.05) is 0 Å². The van der Waals surface area contributed by atoms with Gasteiger partial charge in [-0.25, -0.2) is 4.79 Å².